The number of esters is 1. The number of carbonyl (C=O) groups excluding carboxylic acids is 2. The van der Waals surface area contributed by atoms with Gasteiger partial charge in [0.25, 0.3) is 5.91 Å². The number of amides is 1. The van der Waals surface area contributed by atoms with Gasteiger partial charge in [-0.05, 0) is 42.5 Å². The van der Waals surface area contributed by atoms with Crippen LogP contribution in [0, 0.1) is 23.2 Å². The third-order valence-corrected chi connectivity index (χ3v) is 3.80. The highest BCUT2D eigenvalue weighted by Gasteiger charge is 2.26. The Hall–Kier alpha value is -2.35. The highest BCUT2D eigenvalue weighted by Crippen LogP contribution is 2.20. The maximum Gasteiger partial charge on any atom is 0.338 e. The van der Waals surface area contributed by atoms with Gasteiger partial charge in [-0.1, -0.05) is 13.8 Å². The van der Waals surface area contributed by atoms with Crippen molar-refractivity contribution < 1.29 is 14.3 Å². The molecule has 5 heteroatoms. The quantitative estimate of drug-likeness (QED) is 0.803. The van der Waals surface area contributed by atoms with Crippen LogP contribution in [0.25, 0.3) is 0 Å². The van der Waals surface area contributed by atoms with Gasteiger partial charge >= 0.3 is 5.97 Å². The summed E-state index contributed by atoms with van der Waals surface area (Å²) in [4.78, 5) is 25.8. The lowest BCUT2D eigenvalue weighted by Gasteiger charge is -2.34. The van der Waals surface area contributed by atoms with E-state index in [1.54, 1.807) is 17.0 Å². The van der Waals surface area contributed by atoms with Crippen molar-refractivity contribution in [2.24, 2.45) is 11.8 Å². The summed E-state index contributed by atoms with van der Waals surface area (Å²) >= 11 is 0. The molecule has 1 aliphatic rings. The monoisotopic (exact) mass is 300 g/mol. The maximum atomic E-state index is 12.1. The first kappa shape index (κ1) is 16.0. The molecule has 2 atom stereocenters. The standard InChI is InChI=1S/C17H20N2O3/c1-12-7-13(2)10-19(9-12)16(20)11-22-17(21)15-5-3-14(8-18)4-6-15/h3-6,12-13H,7,9-11H2,1-2H3. The molecule has 116 valence electrons. The van der Waals surface area contributed by atoms with Crippen molar-refractivity contribution in [1.82, 2.24) is 4.90 Å². The van der Waals surface area contributed by atoms with Crippen molar-refractivity contribution in [1.29, 1.82) is 5.26 Å². The third-order valence-electron chi connectivity index (χ3n) is 3.80. The number of hydrogen-bond donors (Lipinski definition) is 0. The molecular weight excluding hydrogens is 280 g/mol. The van der Waals surface area contributed by atoms with Gasteiger partial charge in [-0.2, -0.15) is 5.26 Å². The average molecular weight is 300 g/mol. The lowest BCUT2D eigenvalue weighted by atomic mass is 9.92. The second-order valence-corrected chi connectivity index (χ2v) is 6.01. The average Bonchev–Trinajstić information content (AvgIpc) is 2.51. The number of rotatable bonds is 3. The van der Waals surface area contributed by atoms with E-state index in [1.807, 2.05) is 6.07 Å². The normalized spacial score (nSPS) is 21.0. The molecular formula is C17H20N2O3. The second kappa shape index (κ2) is 7.08. The Bertz CT molecular complexity index is 579. The molecule has 1 aromatic carbocycles. The predicted octanol–water partition coefficient (Wildman–Crippen LogP) is 2.22. The number of benzene rings is 1. The van der Waals surface area contributed by atoms with Crippen LogP contribution < -0.4 is 0 Å². The highest BCUT2D eigenvalue weighted by atomic mass is 16.5. The Kier molecular flexibility index (Phi) is 5.16. The summed E-state index contributed by atoms with van der Waals surface area (Å²) in [5, 5.41) is 8.71. The molecule has 0 saturated carbocycles. The first-order valence-electron chi connectivity index (χ1n) is 7.44. The van der Waals surface area contributed by atoms with Gasteiger partial charge in [0.15, 0.2) is 6.61 Å². The number of likely N-dealkylation sites (tertiary alicyclic amines) is 1. The van der Waals surface area contributed by atoms with E-state index in [0.717, 1.165) is 19.5 Å². The molecule has 1 fully saturated rings. The molecule has 0 spiro atoms. The van der Waals surface area contributed by atoms with Gasteiger partial charge in [-0.3, -0.25) is 4.79 Å². The summed E-state index contributed by atoms with van der Waals surface area (Å²) in [5.41, 5.74) is 0.816. The summed E-state index contributed by atoms with van der Waals surface area (Å²) < 4.78 is 5.07. The van der Waals surface area contributed by atoms with Crippen molar-refractivity contribution in [3.05, 3.63) is 35.4 Å². The Morgan fingerprint density at radius 2 is 1.82 bits per heavy atom. The van der Waals surface area contributed by atoms with E-state index in [9.17, 15) is 9.59 Å². The van der Waals surface area contributed by atoms with E-state index < -0.39 is 5.97 Å². The van der Waals surface area contributed by atoms with Gasteiger partial charge in [-0.15, -0.1) is 0 Å². The molecule has 1 aliphatic heterocycles. The first-order chi connectivity index (χ1) is 10.5. The van der Waals surface area contributed by atoms with E-state index in [2.05, 4.69) is 13.8 Å². The number of carbonyl (C=O) groups is 2. The molecule has 2 unspecified atom stereocenters. The summed E-state index contributed by atoms with van der Waals surface area (Å²) in [7, 11) is 0. The molecule has 0 N–H and O–H groups in total. The van der Waals surface area contributed by atoms with Crippen LogP contribution >= 0.6 is 0 Å². The molecule has 1 aromatic rings. The number of piperidine rings is 1. The summed E-state index contributed by atoms with van der Waals surface area (Å²) in [5.74, 6) is 0.250. The predicted molar refractivity (Wildman–Crippen MR) is 81.0 cm³/mol. The Labute approximate surface area is 130 Å². The minimum Gasteiger partial charge on any atom is -0.452 e. The zero-order chi connectivity index (χ0) is 16.1. The smallest absolute Gasteiger partial charge is 0.338 e. The molecule has 0 radical (unpaired) electrons. The van der Waals surface area contributed by atoms with Crippen molar-refractivity contribution in [2.75, 3.05) is 19.7 Å². The van der Waals surface area contributed by atoms with Crippen LogP contribution in [0.2, 0.25) is 0 Å². The molecule has 1 saturated heterocycles. The number of nitriles is 1. The summed E-state index contributed by atoms with van der Waals surface area (Å²) in [6.45, 7) is 5.45. The van der Waals surface area contributed by atoms with Crippen LogP contribution in [0.4, 0.5) is 0 Å². The van der Waals surface area contributed by atoms with E-state index in [1.165, 1.54) is 12.1 Å². The Morgan fingerprint density at radius 3 is 2.36 bits per heavy atom. The van der Waals surface area contributed by atoms with Crippen LogP contribution in [0.5, 0.6) is 0 Å². The molecule has 22 heavy (non-hydrogen) atoms. The van der Waals surface area contributed by atoms with Crippen molar-refractivity contribution in [3.63, 3.8) is 0 Å². The summed E-state index contributed by atoms with van der Waals surface area (Å²) in [6.07, 6.45) is 1.12. The number of ether oxygens (including phenoxy) is 1. The Morgan fingerprint density at radius 1 is 1.23 bits per heavy atom. The molecule has 2 rings (SSSR count). The van der Waals surface area contributed by atoms with Gasteiger partial charge in [-0.25, -0.2) is 4.79 Å². The van der Waals surface area contributed by atoms with Crippen molar-refractivity contribution >= 4 is 11.9 Å². The van der Waals surface area contributed by atoms with Crippen LogP contribution in [-0.2, 0) is 9.53 Å². The fourth-order valence-corrected chi connectivity index (χ4v) is 2.85. The van der Waals surface area contributed by atoms with Gasteiger partial charge in [0, 0.05) is 13.1 Å². The van der Waals surface area contributed by atoms with E-state index >= 15 is 0 Å². The molecule has 1 amide bonds. The van der Waals surface area contributed by atoms with Gasteiger partial charge < -0.3 is 9.64 Å². The molecule has 5 nitrogen and oxygen atoms in total. The van der Waals surface area contributed by atoms with Crippen molar-refractivity contribution in [3.8, 4) is 6.07 Å². The topological polar surface area (TPSA) is 70.4 Å². The summed E-state index contributed by atoms with van der Waals surface area (Å²) in [6, 6.07) is 8.13. The Balaban J connectivity index is 1.87. The van der Waals surface area contributed by atoms with Crippen molar-refractivity contribution in [2.45, 2.75) is 20.3 Å². The fraction of sp³-hybridized carbons (Fsp3) is 0.471. The minimum absolute atomic E-state index is 0.152. The second-order valence-electron chi connectivity index (χ2n) is 6.01. The first-order valence-corrected chi connectivity index (χ1v) is 7.44. The highest BCUT2D eigenvalue weighted by molar-refractivity contribution is 5.91. The van der Waals surface area contributed by atoms with Crippen LogP contribution in [0.3, 0.4) is 0 Å². The number of nitrogens with zero attached hydrogens (tertiary/aromatic N) is 2. The van der Waals surface area contributed by atoms with Crippen LogP contribution in [0.1, 0.15) is 36.2 Å². The lowest BCUT2D eigenvalue weighted by Crippen LogP contribution is -2.44. The molecule has 1 heterocycles. The van der Waals surface area contributed by atoms with Gasteiger partial charge in [0.1, 0.15) is 0 Å². The largest absolute Gasteiger partial charge is 0.452 e. The van der Waals surface area contributed by atoms with Gasteiger partial charge in [0.2, 0.25) is 0 Å². The zero-order valence-corrected chi connectivity index (χ0v) is 12.9. The fourth-order valence-electron chi connectivity index (χ4n) is 2.85. The van der Waals surface area contributed by atoms with E-state index in [4.69, 9.17) is 10.00 Å². The van der Waals surface area contributed by atoms with E-state index in [-0.39, 0.29) is 12.5 Å². The van der Waals surface area contributed by atoms with Crippen LogP contribution in [-0.4, -0.2) is 36.5 Å². The third kappa shape index (κ3) is 4.08. The van der Waals surface area contributed by atoms with Gasteiger partial charge in [0.05, 0.1) is 17.2 Å². The SMILES string of the molecule is CC1CC(C)CN(C(=O)COC(=O)c2ccc(C#N)cc2)C1. The minimum atomic E-state index is -0.545. The molecule has 0 aliphatic carbocycles. The van der Waals surface area contributed by atoms with E-state index in [0.29, 0.717) is 23.0 Å². The lowest BCUT2D eigenvalue weighted by molar-refractivity contribution is -0.137. The molecule has 0 bridgehead atoms. The number of hydrogen-bond acceptors (Lipinski definition) is 4. The molecule has 0 aromatic heterocycles. The van der Waals surface area contributed by atoms with Crippen LogP contribution in [0.15, 0.2) is 24.3 Å². The zero-order valence-electron chi connectivity index (χ0n) is 12.9. The maximum absolute atomic E-state index is 12.1.